The number of hydrogen-bond acceptors (Lipinski definition) is 5. The van der Waals surface area contributed by atoms with Crippen LogP contribution in [0.1, 0.15) is 48.0 Å². The highest BCUT2D eigenvalue weighted by atomic mass is 32.1. The van der Waals surface area contributed by atoms with E-state index in [1.165, 1.54) is 11.3 Å². The molecule has 2 aliphatic rings. The van der Waals surface area contributed by atoms with Crippen LogP contribution in [0.15, 0.2) is 60.0 Å². The maximum Gasteiger partial charge on any atom is 0.251 e. The molecule has 8 heteroatoms. The van der Waals surface area contributed by atoms with Gasteiger partial charge in [-0.2, -0.15) is 0 Å². The van der Waals surface area contributed by atoms with E-state index in [1.807, 2.05) is 47.8 Å². The minimum absolute atomic E-state index is 0.0112. The molecule has 1 aliphatic heterocycles. The number of anilines is 1. The molecule has 1 saturated carbocycles. The predicted octanol–water partition coefficient (Wildman–Crippen LogP) is 4.26. The van der Waals surface area contributed by atoms with Crippen molar-refractivity contribution < 1.29 is 14.4 Å². The van der Waals surface area contributed by atoms with E-state index in [0.29, 0.717) is 42.5 Å². The molecule has 1 aliphatic carbocycles. The Morgan fingerprint density at radius 2 is 1.77 bits per heavy atom. The number of amides is 3. The summed E-state index contributed by atoms with van der Waals surface area (Å²) < 4.78 is 0. The molecule has 35 heavy (non-hydrogen) atoms. The summed E-state index contributed by atoms with van der Waals surface area (Å²) in [6.45, 7) is 0.607. The van der Waals surface area contributed by atoms with Crippen molar-refractivity contribution in [1.29, 1.82) is 0 Å². The van der Waals surface area contributed by atoms with E-state index in [2.05, 4.69) is 15.6 Å². The van der Waals surface area contributed by atoms with Gasteiger partial charge in [-0.25, -0.2) is 4.98 Å². The lowest BCUT2D eigenvalue weighted by Crippen LogP contribution is -2.43. The van der Waals surface area contributed by atoms with Gasteiger partial charge < -0.3 is 15.5 Å². The summed E-state index contributed by atoms with van der Waals surface area (Å²) in [6, 6.07) is 17.1. The molecule has 5 rings (SSSR count). The first kappa shape index (κ1) is 23.2. The molecule has 3 aromatic rings. The van der Waals surface area contributed by atoms with Crippen molar-refractivity contribution >= 4 is 34.2 Å². The maximum atomic E-state index is 13.0. The van der Waals surface area contributed by atoms with Crippen LogP contribution >= 0.6 is 11.3 Å². The lowest BCUT2D eigenvalue weighted by Gasteiger charge is -2.23. The van der Waals surface area contributed by atoms with Crippen LogP contribution in [0.2, 0.25) is 0 Å². The number of hydrogen-bond donors (Lipinski definition) is 2. The third-order valence-electron chi connectivity index (χ3n) is 6.44. The summed E-state index contributed by atoms with van der Waals surface area (Å²) in [6.07, 6.45) is 4.64. The monoisotopic (exact) mass is 488 g/mol. The van der Waals surface area contributed by atoms with E-state index in [1.54, 1.807) is 17.0 Å². The Kier molecular flexibility index (Phi) is 6.90. The summed E-state index contributed by atoms with van der Waals surface area (Å²) in [4.78, 5) is 44.2. The van der Waals surface area contributed by atoms with E-state index in [0.717, 1.165) is 36.1 Å². The fourth-order valence-electron chi connectivity index (χ4n) is 4.32. The molecule has 2 N–H and O–H groups in total. The first-order valence-electron chi connectivity index (χ1n) is 12.1. The second-order valence-electron chi connectivity index (χ2n) is 9.08. The Hall–Kier alpha value is -3.52. The average molecular weight is 489 g/mol. The van der Waals surface area contributed by atoms with Crippen molar-refractivity contribution in [3.8, 4) is 11.3 Å². The largest absolute Gasteiger partial charge is 0.349 e. The summed E-state index contributed by atoms with van der Waals surface area (Å²) in [5.74, 6) is -0.231. The van der Waals surface area contributed by atoms with Crippen molar-refractivity contribution in [2.45, 2.75) is 50.6 Å². The van der Waals surface area contributed by atoms with Crippen LogP contribution in [0, 0.1) is 0 Å². The van der Waals surface area contributed by atoms with E-state index >= 15 is 0 Å². The van der Waals surface area contributed by atoms with Crippen LogP contribution in [0.25, 0.3) is 11.3 Å². The highest BCUT2D eigenvalue weighted by Crippen LogP contribution is 2.27. The molecule has 2 fully saturated rings. The summed E-state index contributed by atoms with van der Waals surface area (Å²) >= 11 is 1.35. The molecule has 180 valence electrons. The molecular formula is C27H28N4O3S. The summed E-state index contributed by atoms with van der Waals surface area (Å²) in [7, 11) is 0. The van der Waals surface area contributed by atoms with Gasteiger partial charge in [-0.3, -0.25) is 14.4 Å². The summed E-state index contributed by atoms with van der Waals surface area (Å²) in [5, 5.41) is 8.27. The van der Waals surface area contributed by atoms with Gasteiger partial charge in [0.05, 0.1) is 5.69 Å². The molecule has 0 unspecified atom stereocenters. The Bertz CT molecular complexity index is 1200. The molecule has 3 amide bonds. The van der Waals surface area contributed by atoms with Gasteiger partial charge in [-0.15, -0.1) is 11.3 Å². The number of thiazole rings is 1. The lowest BCUT2D eigenvalue weighted by atomic mass is 10.1. The number of nitrogens with one attached hydrogen (secondary N) is 2. The Morgan fingerprint density at radius 1 is 1.00 bits per heavy atom. The number of carbonyl (C=O) groups is 3. The first-order valence-corrected chi connectivity index (χ1v) is 13.0. The smallest absolute Gasteiger partial charge is 0.251 e. The SMILES string of the molecule is O=C(NC1CC1)c1ccc(-c2csc(NC(=O)[C@@H]3CCCN3C(=O)CCc3ccccc3)n2)cc1. The first-order chi connectivity index (χ1) is 17.1. The number of nitrogens with zero attached hydrogens (tertiary/aromatic N) is 2. The molecule has 7 nitrogen and oxygen atoms in total. The van der Waals surface area contributed by atoms with Crippen LogP contribution in [0.4, 0.5) is 5.13 Å². The molecule has 0 bridgehead atoms. The number of carbonyl (C=O) groups excluding carboxylic acids is 3. The second-order valence-corrected chi connectivity index (χ2v) is 9.94. The van der Waals surface area contributed by atoms with E-state index in [9.17, 15) is 14.4 Å². The van der Waals surface area contributed by atoms with Crippen molar-refractivity contribution in [3.63, 3.8) is 0 Å². The van der Waals surface area contributed by atoms with Crippen LogP contribution in [0.5, 0.6) is 0 Å². The molecule has 0 radical (unpaired) electrons. The average Bonchev–Trinajstić information content (AvgIpc) is 3.35. The lowest BCUT2D eigenvalue weighted by molar-refractivity contribution is -0.136. The van der Waals surface area contributed by atoms with Gasteiger partial charge in [0.1, 0.15) is 6.04 Å². The van der Waals surface area contributed by atoms with Crippen molar-refractivity contribution in [1.82, 2.24) is 15.2 Å². The molecule has 1 atom stereocenters. The fraction of sp³-hybridized carbons (Fsp3) is 0.333. The van der Waals surface area contributed by atoms with Crippen molar-refractivity contribution in [2.24, 2.45) is 0 Å². The maximum absolute atomic E-state index is 13.0. The van der Waals surface area contributed by atoms with Crippen molar-refractivity contribution in [2.75, 3.05) is 11.9 Å². The molecule has 1 saturated heterocycles. The van der Waals surface area contributed by atoms with Gasteiger partial charge in [0, 0.05) is 35.5 Å². The quantitative estimate of drug-likeness (QED) is 0.496. The van der Waals surface area contributed by atoms with Crippen LogP contribution in [-0.2, 0) is 16.0 Å². The van der Waals surface area contributed by atoms with E-state index in [4.69, 9.17) is 0 Å². The fourth-order valence-corrected chi connectivity index (χ4v) is 5.04. The topological polar surface area (TPSA) is 91.4 Å². The molecule has 0 spiro atoms. The standard InChI is InChI=1S/C27H28N4O3S/c32-24(15-8-18-5-2-1-3-6-18)31-16-4-7-23(31)26(34)30-27-29-22(17-35-27)19-9-11-20(12-10-19)25(33)28-21-13-14-21/h1-3,5-6,9-12,17,21,23H,4,7-8,13-16H2,(H,28,33)(H,29,30,34)/t23-/m0/s1. The number of benzene rings is 2. The van der Waals surface area contributed by atoms with E-state index < -0.39 is 6.04 Å². The Balaban J connectivity index is 1.17. The molecule has 2 heterocycles. The van der Waals surface area contributed by atoms with Crippen LogP contribution in [-0.4, -0.2) is 46.2 Å². The number of rotatable bonds is 8. The second kappa shape index (κ2) is 10.4. The van der Waals surface area contributed by atoms with Crippen LogP contribution < -0.4 is 10.6 Å². The van der Waals surface area contributed by atoms with Gasteiger partial charge in [0.15, 0.2) is 5.13 Å². The third-order valence-corrected chi connectivity index (χ3v) is 7.19. The van der Waals surface area contributed by atoms with E-state index in [-0.39, 0.29) is 17.7 Å². The molecule has 1 aromatic heterocycles. The minimum atomic E-state index is -0.463. The highest BCUT2D eigenvalue weighted by molar-refractivity contribution is 7.14. The zero-order valence-corrected chi connectivity index (χ0v) is 20.2. The zero-order chi connectivity index (χ0) is 24.2. The molecular weight excluding hydrogens is 460 g/mol. The van der Waals surface area contributed by atoms with Gasteiger partial charge in [-0.05, 0) is 49.8 Å². The normalized spacial score (nSPS) is 17.3. The zero-order valence-electron chi connectivity index (χ0n) is 19.4. The number of likely N-dealkylation sites (tertiary alicyclic amines) is 1. The predicted molar refractivity (Wildman–Crippen MR) is 136 cm³/mol. The van der Waals surface area contributed by atoms with Gasteiger partial charge in [0.2, 0.25) is 11.8 Å². The van der Waals surface area contributed by atoms with Crippen LogP contribution in [0.3, 0.4) is 0 Å². The van der Waals surface area contributed by atoms with Gasteiger partial charge in [0.25, 0.3) is 5.91 Å². The number of aryl methyl sites for hydroxylation is 1. The van der Waals surface area contributed by atoms with Gasteiger partial charge >= 0.3 is 0 Å². The number of aromatic nitrogens is 1. The molecule has 2 aromatic carbocycles. The Labute approximate surface area is 208 Å². The van der Waals surface area contributed by atoms with Crippen molar-refractivity contribution in [3.05, 3.63) is 71.1 Å². The Morgan fingerprint density at radius 3 is 2.51 bits per heavy atom. The minimum Gasteiger partial charge on any atom is -0.349 e. The van der Waals surface area contributed by atoms with Gasteiger partial charge in [-0.1, -0.05) is 42.5 Å². The highest BCUT2D eigenvalue weighted by Gasteiger charge is 2.34. The summed E-state index contributed by atoms with van der Waals surface area (Å²) in [5.41, 5.74) is 3.36. The third kappa shape index (κ3) is 5.77.